The van der Waals surface area contributed by atoms with Crippen LogP contribution in [0.1, 0.15) is 32.8 Å². The van der Waals surface area contributed by atoms with Crippen molar-refractivity contribution < 1.29 is 8.42 Å². The lowest BCUT2D eigenvalue weighted by molar-refractivity contribution is 0.343. The highest BCUT2D eigenvalue weighted by Gasteiger charge is 2.26. The zero-order valence-electron chi connectivity index (χ0n) is 12.0. The van der Waals surface area contributed by atoms with Crippen molar-refractivity contribution in [1.29, 1.82) is 0 Å². The van der Waals surface area contributed by atoms with E-state index in [9.17, 15) is 8.42 Å². The Morgan fingerprint density at radius 2 is 1.53 bits per heavy atom. The smallest absolute Gasteiger partial charge is 0.195 e. The maximum Gasteiger partial charge on any atom is 0.282 e. The first-order valence-corrected chi connectivity index (χ1v) is 8.25. The maximum absolute atomic E-state index is 12.5. The summed E-state index contributed by atoms with van der Waals surface area (Å²) in [5.41, 5.74) is 1.02. The Kier molecular flexibility index (Phi) is 6.48. The molecule has 0 aliphatic carbocycles. The largest absolute Gasteiger partial charge is 0.282 e. The van der Waals surface area contributed by atoms with Gasteiger partial charge in [-0.25, -0.2) is 0 Å². The Bertz CT molecular complexity index is 456. The zero-order chi connectivity index (χ0) is 14.3. The standard InChI is InChI=1S/C14H24N2O2S/c1-4-12-16(13-14-10-8-7-9-11-14)19(17,18)15(5-2)6-3/h7-11H,4-6,12-13H2,1-3H3. The molecule has 1 aromatic rings. The van der Waals surface area contributed by atoms with Gasteiger partial charge in [0, 0.05) is 26.2 Å². The van der Waals surface area contributed by atoms with Crippen LogP contribution in [0, 0.1) is 0 Å². The predicted molar refractivity (Wildman–Crippen MR) is 79.0 cm³/mol. The Labute approximate surface area is 117 Å². The lowest BCUT2D eigenvalue weighted by Gasteiger charge is -2.28. The fourth-order valence-corrected chi connectivity index (χ4v) is 3.73. The van der Waals surface area contributed by atoms with Crippen LogP contribution in [0.2, 0.25) is 0 Å². The molecule has 0 saturated heterocycles. The van der Waals surface area contributed by atoms with E-state index in [1.54, 1.807) is 4.31 Å². The molecule has 0 aliphatic rings. The first kappa shape index (κ1) is 16.1. The van der Waals surface area contributed by atoms with Crippen LogP contribution < -0.4 is 0 Å². The van der Waals surface area contributed by atoms with Gasteiger partial charge in [0.1, 0.15) is 0 Å². The molecule has 0 atom stereocenters. The number of hydrogen-bond donors (Lipinski definition) is 0. The van der Waals surface area contributed by atoms with E-state index in [1.807, 2.05) is 51.1 Å². The van der Waals surface area contributed by atoms with Crippen LogP contribution in [0.4, 0.5) is 0 Å². The van der Waals surface area contributed by atoms with E-state index in [4.69, 9.17) is 0 Å². The third kappa shape index (κ3) is 4.30. The lowest BCUT2D eigenvalue weighted by Crippen LogP contribution is -2.43. The molecule has 0 spiro atoms. The van der Waals surface area contributed by atoms with Gasteiger partial charge in [0.2, 0.25) is 0 Å². The molecule has 0 unspecified atom stereocenters. The van der Waals surface area contributed by atoms with E-state index in [1.165, 1.54) is 4.31 Å². The molecule has 1 aromatic carbocycles. The molecule has 4 nitrogen and oxygen atoms in total. The highest BCUT2D eigenvalue weighted by Crippen LogP contribution is 2.13. The second-order valence-electron chi connectivity index (χ2n) is 4.41. The first-order chi connectivity index (χ1) is 9.06. The van der Waals surface area contributed by atoms with Gasteiger partial charge in [-0.2, -0.15) is 17.0 Å². The maximum atomic E-state index is 12.5. The lowest BCUT2D eigenvalue weighted by atomic mass is 10.2. The molecule has 0 radical (unpaired) electrons. The van der Waals surface area contributed by atoms with E-state index in [0.29, 0.717) is 26.2 Å². The normalized spacial score (nSPS) is 12.3. The van der Waals surface area contributed by atoms with Gasteiger partial charge in [0.25, 0.3) is 10.2 Å². The molecule has 0 heterocycles. The summed E-state index contributed by atoms with van der Waals surface area (Å²) in [6.45, 7) is 7.74. The molecular formula is C14H24N2O2S. The summed E-state index contributed by atoms with van der Waals surface area (Å²) >= 11 is 0. The Hall–Kier alpha value is -0.910. The van der Waals surface area contributed by atoms with E-state index in [0.717, 1.165) is 12.0 Å². The van der Waals surface area contributed by atoms with Crippen LogP contribution in [-0.4, -0.2) is 36.7 Å². The molecule has 0 aromatic heterocycles. The summed E-state index contributed by atoms with van der Waals surface area (Å²) < 4.78 is 28.1. The summed E-state index contributed by atoms with van der Waals surface area (Å²) in [4.78, 5) is 0. The van der Waals surface area contributed by atoms with Crippen LogP contribution in [-0.2, 0) is 16.8 Å². The van der Waals surface area contributed by atoms with Gasteiger partial charge in [-0.3, -0.25) is 0 Å². The summed E-state index contributed by atoms with van der Waals surface area (Å²) in [5.74, 6) is 0. The Balaban J connectivity index is 2.94. The molecule has 0 amide bonds. The SMILES string of the molecule is CCCN(Cc1ccccc1)S(=O)(=O)N(CC)CC. The van der Waals surface area contributed by atoms with Crippen molar-refractivity contribution in [3.63, 3.8) is 0 Å². The Morgan fingerprint density at radius 1 is 0.947 bits per heavy atom. The van der Waals surface area contributed by atoms with Crippen molar-refractivity contribution in [2.75, 3.05) is 19.6 Å². The van der Waals surface area contributed by atoms with Crippen molar-refractivity contribution in [1.82, 2.24) is 8.61 Å². The molecule has 0 aliphatic heterocycles. The summed E-state index contributed by atoms with van der Waals surface area (Å²) in [5, 5.41) is 0. The van der Waals surface area contributed by atoms with E-state index in [-0.39, 0.29) is 0 Å². The van der Waals surface area contributed by atoms with E-state index >= 15 is 0 Å². The van der Waals surface area contributed by atoms with Gasteiger partial charge in [0.15, 0.2) is 0 Å². The fourth-order valence-electron chi connectivity index (χ4n) is 2.03. The fraction of sp³-hybridized carbons (Fsp3) is 0.571. The van der Waals surface area contributed by atoms with Crippen LogP contribution in [0.25, 0.3) is 0 Å². The summed E-state index contributed by atoms with van der Waals surface area (Å²) in [6, 6.07) is 9.72. The molecule has 19 heavy (non-hydrogen) atoms. The molecular weight excluding hydrogens is 260 g/mol. The molecule has 1 rings (SSSR count). The minimum Gasteiger partial charge on any atom is -0.195 e. The zero-order valence-corrected chi connectivity index (χ0v) is 12.9. The third-order valence-corrected chi connectivity index (χ3v) is 5.17. The van der Waals surface area contributed by atoms with E-state index < -0.39 is 10.2 Å². The molecule has 0 N–H and O–H groups in total. The highest BCUT2D eigenvalue weighted by atomic mass is 32.2. The van der Waals surface area contributed by atoms with Crippen LogP contribution in [0.15, 0.2) is 30.3 Å². The number of hydrogen-bond acceptors (Lipinski definition) is 2. The first-order valence-electron chi connectivity index (χ1n) is 6.85. The van der Waals surface area contributed by atoms with Gasteiger partial charge < -0.3 is 0 Å². The third-order valence-electron chi connectivity index (χ3n) is 3.03. The van der Waals surface area contributed by atoms with E-state index in [2.05, 4.69) is 0 Å². The van der Waals surface area contributed by atoms with Gasteiger partial charge >= 0.3 is 0 Å². The molecule has 5 heteroatoms. The van der Waals surface area contributed by atoms with Gasteiger partial charge in [-0.1, -0.05) is 51.1 Å². The molecule has 0 bridgehead atoms. The van der Waals surface area contributed by atoms with Crippen molar-refractivity contribution in [2.24, 2.45) is 0 Å². The minimum absolute atomic E-state index is 0.438. The van der Waals surface area contributed by atoms with Crippen molar-refractivity contribution in [3.8, 4) is 0 Å². The monoisotopic (exact) mass is 284 g/mol. The van der Waals surface area contributed by atoms with Gasteiger partial charge in [0.05, 0.1) is 0 Å². The predicted octanol–water partition coefficient (Wildman–Crippen LogP) is 2.49. The van der Waals surface area contributed by atoms with Crippen LogP contribution in [0.5, 0.6) is 0 Å². The Morgan fingerprint density at radius 3 is 2.00 bits per heavy atom. The van der Waals surface area contributed by atoms with Crippen molar-refractivity contribution in [3.05, 3.63) is 35.9 Å². The number of rotatable bonds is 8. The molecule has 108 valence electrons. The quantitative estimate of drug-likeness (QED) is 0.736. The second-order valence-corrected chi connectivity index (χ2v) is 6.34. The average molecular weight is 284 g/mol. The number of nitrogens with zero attached hydrogens (tertiary/aromatic N) is 2. The molecule has 0 fully saturated rings. The average Bonchev–Trinajstić information content (AvgIpc) is 2.40. The van der Waals surface area contributed by atoms with Gasteiger partial charge in [-0.15, -0.1) is 0 Å². The van der Waals surface area contributed by atoms with Crippen LogP contribution >= 0.6 is 0 Å². The number of benzene rings is 1. The van der Waals surface area contributed by atoms with Gasteiger partial charge in [-0.05, 0) is 12.0 Å². The second kappa shape index (κ2) is 7.62. The molecule has 0 saturated carbocycles. The summed E-state index contributed by atoms with van der Waals surface area (Å²) in [7, 11) is -3.36. The minimum atomic E-state index is -3.36. The summed E-state index contributed by atoms with van der Waals surface area (Å²) in [6.07, 6.45) is 0.813. The topological polar surface area (TPSA) is 40.6 Å². The van der Waals surface area contributed by atoms with Crippen molar-refractivity contribution in [2.45, 2.75) is 33.7 Å². The highest BCUT2D eigenvalue weighted by molar-refractivity contribution is 7.86. The van der Waals surface area contributed by atoms with Crippen LogP contribution in [0.3, 0.4) is 0 Å². The van der Waals surface area contributed by atoms with Crippen molar-refractivity contribution >= 4 is 10.2 Å².